The summed E-state index contributed by atoms with van der Waals surface area (Å²) in [5, 5.41) is 2.23. The van der Waals surface area contributed by atoms with Gasteiger partial charge in [0.15, 0.2) is 6.61 Å². The second kappa shape index (κ2) is 10.8. The number of sulfonamides is 1. The smallest absolute Gasteiger partial charge is 0.319 e. The summed E-state index contributed by atoms with van der Waals surface area (Å²) in [7, 11) is -2.44. The molecule has 1 aliphatic rings. The fraction of sp³-hybridized carbons (Fsp3) is 0.556. The zero-order valence-corrected chi connectivity index (χ0v) is 18.3. The van der Waals surface area contributed by atoms with Crippen molar-refractivity contribution in [2.45, 2.75) is 23.5 Å². The van der Waals surface area contributed by atoms with E-state index in [1.807, 2.05) is 6.92 Å². The Bertz CT molecular complexity index is 819. The van der Waals surface area contributed by atoms with E-state index in [-0.39, 0.29) is 34.7 Å². The summed E-state index contributed by atoms with van der Waals surface area (Å²) < 4.78 is 42.7. The molecule has 9 nitrogen and oxygen atoms in total. The van der Waals surface area contributed by atoms with Crippen LogP contribution in [0.4, 0.5) is 5.69 Å². The normalized spacial score (nSPS) is 16.1. The first kappa shape index (κ1) is 23.5. The van der Waals surface area contributed by atoms with Gasteiger partial charge in [-0.1, -0.05) is 6.92 Å². The van der Waals surface area contributed by atoms with Crippen LogP contribution in [0, 0.1) is 0 Å². The molecule has 162 valence electrons. The summed E-state index contributed by atoms with van der Waals surface area (Å²) in [4.78, 5) is 24.0. The van der Waals surface area contributed by atoms with Crippen molar-refractivity contribution in [2.75, 3.05) is 51.6 Å². The molecule has 1 aliphatic heterocycles. The number of hydrogen-bond donors (Lipinski definition) is 1. The first-order valence-corrected chi connectivity index (χ1v) is 11.8. The van der Waals surface area contributed by atoms with Crippen LogP contribution in [0.2, 0.25) is 0 Å². The molecular formula is C18H26N2O7S2. The lowest BCUT2D eigenvalue weighted by Crippen LogP contribution is -2.40. The highest BCUT2D eigenvalue weighted by Crippen LogP contribution is 2.30. The predicted octanol–water partition coefficient (Wildman–Crippen LogP) is 1.34. The van der Waals surface area contributed by atoms with Crippen molar-refractivity contribution >= 4 is 39.3 Å². The van der Waals surface area contributed by atoms with Crippen molar-refractivity contribution in [1.29, 1.82) is 0 Å². The van der Waals surface area contributed by atoms with E-state index in [0.29, 0.717) is 19.6 Å². The molecule has 1 N–H and O–H groups in total. The quantitative estimate of drug-likeness (QED) is 0.566. The van der Waals surface area contributed by atoms with Crippen molar-refractivity contribution in [2.24, 2.45) is 0 Å². The van der Waals surface area contributed by atoms with Gasteiger partial charge in [0.2, 0.25) is 10.0 Å². The molecule has 0 bridgehead atoms. The third kappa shape index (κ3) is 6.08. The second-order valence-electron chi connectivity index (χ2n) is 6.17. The third-order valence-corrected chi connectivity index (χ3v) is 7.31. The third-order valence-electron chi connectivity index (χ3n) is 4.30. The Hall–Kier alpha value is -1.82. The number of nitrogens with zero attached hydrogens (tertiary/aromatic N) is 1. The van der Waals surface area contributed by atoms with Gasteiger partial charge in [0, 0.05) is 18.8 Å². The molecular weight excluding hydrogens is 420 g/mol. The van der Waals surface area contributed by atoms with E-state index in [2.05, 4.69) is 5.32 Å². The molecule has 1 atom stereocenters. The van der Waals surface area contributed by atoms with E-state index < -0.39 is 28.5 Å². The molecule has 2 rings (SSSR count). The van der Waals surface area contributed by atoms with Crippen LogP contribution >= 0.6 is 11.8 Å². The second-order valence-corrected chi connectivity index (χ2v) is 9.12. The van der Waals surface area contributed by atoms with Gasteiger partial charge in [0.25, 0.3) is 5.91 Å². The van der Waals surface area contributed by atoms with Crippen LogP contribution in [0.15, 0.2) is 23.1 Å². The van der Waals surface area contributed by atoms with Crippen LogP contribution in [0.25, 0.3) is 0 Å². The van der Waals surface area contributed by atoms with Gasteiger partial charge >= 0.3 is 5.97 Å². The number of carbonyl (C=O) groups excluding carboxylic acids is 2. The number of hydrogen-bond acceptors (Lipinski definition) is 8. The fourth-order valence-electron chi connectivity index (χ4n) is 2.74. The summed E-state index contributed by atoms with van der Waals surface area (Å²) in [6, 6.07) is 4.32. The molecule has 0 saturated carbocycles. The van der Waals surface area contributed by atoms with E-state index >= 15 is 0 Å². The molecule has 0 aliphatic carbocycles. The average molecular weight is 447 g/mol. The Labute approximate surface area is 175 Å². The lowest BCUT2D eigenvalue weighted by atomic mass is 10.3. The van der Waals surface area contributed by atoms with Crippen LogP contribution in [-0.4, -0.2) is 76.1 Å². The summed E-state index contributed by atoms with van der Waals surface area (Å²) in [6.07, 6.45) is 2.39. The first-order valence-electron chi connectivity index (χ1n) is 9.08. The van der Waals surface area contributed by atoms with Crippen molar-refractivity contribution in [3.05, 3.63) is 18.2 Å². The van der Waals surface area contributed by atoms with Gasteiger partial charge < -0.3 is 19.5 Å². The van der Waals surface area contributed by atoms with Gasteiger partial charge in [-0.05, 0) is 30.9 Å². The Morgan fingerprint density at radius 1 is 1.31 bits per heavy atom. The van der Waals surface area contributed by atoms with Crippen molar-refractivity contribution < 1.29 is 32.2 Å². The number of thioether (sulfide) groups is 1. The standard InChI is InChI=1S/C18H26N2O7S2/c1-4-15(28-3)18(22)27-12-17(21)19-13-5-6-14(25-2)16(11-13)29(23,24)20-7-9-26-10-8-20/h5-6,11,15H,4,7-10,12H2,1-3H3,(H,19,21). The number of carbonyl (C=O) groups is 2. The van der Waals surface area contributed by atoms with Gasteiger partial charge in [0.05, 0.1) is 20.3 Å². The zero-order valence-electron chi connectivity index (χ0n) is 16.7. The van der Waals surface area contributed by atoms with Crippen LogP contribution in [0.5, 0.6) is 5.75 Å². The van der Waals surface area contributed by atoms with Gasteiger partial charge in [-0.15, -0.1) is 0 Å². The van der Waals surface area contributed by atoms with E-state index in [1.54, 1.807) is 6.26 Å². The number of esters is 1. The summed E-state index contributed by atoms with van der Waals surface area (Å²) >= 11 is 1.36. The number of amides is 1. The molecule has 0 aromatic heterocycles. The summed E-state index contributed by atoms with van der Waals surface area (Å²) in [5.74, 6) is -0.846. The lowest BCUT2D eigenvalue weighted by molar-refractivity contribution is -0.146. The molecule has 1 saturated heterocycles. The molecule has 11 heteroatoms. The van der Waals surface area contributed by atoms with Gasteiger partial charge in [-0.25, -0.2) is 8.42 Å². The fourth-order valence-corrected chi connectivity index (χ4v) is 4.92. The molecule has 1 unspecified atom stereocenters. The predicted molar refractivity (Wildman–Crippen MR) is 110 cm³/mol. The van der Waals surface area contributed by atoms with E-state index in [9.17, 15) is 18.0 Å². The maximum Gasteiger partial charge on any atom is 0.319 e. The van der Waals surface area contributed by atoms with Crippen molar-refractivity contribution in [1.82, 2.24) is 4.31 Å². The van der Waals surface area contributed by atoms with Crippen LogP contribution in [0.1, 0.15) is 13.3 Å². The minimum atomic E-state index is -3.82. The van der Waals surface area contributed by atoms with Crippen LogP contribution in [-0.2, 0) is 29.1 Å². The maximum absolute atomic E-state index is 13.0. The Morgan fingerprint density at radius 3 is 2.59 bits per heavy atom. The monoisotopic (exact) mass is 446 g/mol. The zero-order chi connectivity index (χ0) is 21.4. The Morgan fingerprint density at radius 2 is 2.00 bits per heavy atom. The average Bonchev–Trinajstić information content (AvgIpc) is 2.73. The largest absolute Gasteiger partial charge is 0.495 e. The number of nitrogens with one attached hydrogen (secondary N) is 1. The molecule has 1 fully saturated rings. The number of methoxy groups -OCH3 is 1. The van der Waals surface area contributed by atoms with E-state index in [4.69, 9.17) is 14.2 Å². The minimum absolute atomic E-state index is 0.0508. The Balaban J connectivity index is 2.11. The molecule has 1 aromatic carbocycles. The molecule has 0 radical (unpaired) electrons. The SMILES string of the molecule is CCC(SC)C(=O)OCC(=O)Nc1ccc(OC)c(S(=O)(=O)N2CCOCC2)c1. The van der Waals surface area contributed by atoms with E-state index in [0.717, 1.165) is 0 Å². The highest BCUT2D eigenvalue weighted by atomic mass is 32.2. The van der Waals surface area contributed by atoms with E-state index in [1.165, 1.54) is 41.4 Å². The summed E-state index contributed by atoms with van der Waals surface area (Å²) in [5.41, 5.74) is 0.260. The molecule has 1 amide bonds. The maximum atomic E-state index is 13.0. The number of anilines is 1. The van der Waals surface area contributed by atoms with Gasteiger partial charge in [-0.3, -0.25) is 9.59 Å². The van der Waals surface area contributed by atoms with Crippen molar-refractivity contribution in [3.8, 4) is 5.75 Å². The number of morpholine rings is 1. The molecule has 1 aromatic rings. The van der Waals surface area contributed by atoms with Crippen LogP contribution in [0.3, 0.4) is 0 Å². The minimum Gasteiger partial charge on any atom is -0.495 e. The highest BCUT2D eigenvalue weighted by Gasteiger charge is 2.29. The highest BCUT2D eigenvalue weighted by molar-refractivity contribution is 7.99. The molecule has 0 spiro atoms. The van der Waals surface area contributed by atoms with Crippen molar-refractivity contribution in [3.63, 3.8) is 0 Å². The molecule has 1 heterocycles. The van der Waals surface area contributed by atoms with Gasteiger partial charge in [0.1, 0.15) is 15.9 Å². The van der Waals surface area contributed by atoms with Crippen LogP contribution < -0.4 is 10.1 Å². The van der Waals surface area contributed by atoms with Gasteiger partial charge in [-0.2, -0.15) is 16.1 Å². The summed E-state index contributed by atoms with van der Waals surface area (Å²) in [6.45, 7) is 2.53. The Kier molecular flexibility index (Phi) is 8.75. The lowest BCUT2D eigenvalue weighted by Gasteiger charge is -2.26. The number of rotatable bonds is 9. The first-order chi connectivity index (χ1) is 13.8. The topological polar surface area (TPSA) is 111 Å². The molecule has 29 heavy (non-hydrogen) atoms. The number of ether oxygens (including phenoxy) is 3. The number of benzene rings is 1.